The predicted octanol–water partition coefficient (Wildman–Crippen LogP) is 1.13. The molecule has 0 saturated heterocycles. The maximum absolute atomic E-state index is 14.4. The van der Waals surface area contributed by atoms with Crippen LogP contribution in [0.15, 0.2) is 21.8 Å². The Balaban J connectivity index is 3.14. The zero-order chi connectivity index (χ0) is 15.1. The molecule has 0 amide bonds. The summed E-state index contributed by atoms with van der Waals surface area (Å²) in [6.07, 6.45) is 0. The van der Waals surface area contributed by atoms with E-state index in [9.17, 15) is 4.39 Å². The molecule has 1 rings (SSSR count). The molecule has 0 atom stereocenters. The Hall–Kier alpha value is -1.38. The van der Waals surface area contributed by atoms with Crippen LogP contribution in [0.3, 0.4) is 0 Å². The van der Waals surface area contributed by atoms with Gasteiger partial charge in [-0.1, -0.05) is 5.16 Å². The van der Waals surface area contributed by atoms with Crippen molar-refractivity contribution >= 4 is 27.5 Å². The number of hydrogen-bond donors (Lipinski definition) is 3. The van der Waals surface area contributed by atoms with E-state index in [1.165, 1.54) is 12.1 Å². The van der Waals surface area contributed by atoms with Gasteiger partial charge in [0.25, 0.3) is 0 Å². The van der Waals surface area contributed by atoms with Gasteiger partial charge in [0.2, 0.25) is 0 Å². The lowest BCUT2D eigenvalue weighted by Gasteiger charge is -2.25. The molecule has 0 saturated carbocycles. The highest BCUT2D eigenvalue weighted by molar-refractivity contribution is 9.10. The van der Waals surface area contributed by atoms with E-state index in [2.05, 4.69) is 21.1 Å². The van der Waals surface area contributed by atoms with Crippen molar-refractivity contribution in [1.29, 1.82) is 0 Å². The third kappa shape index (κ3) is 3.81. The van der Waals surface area contributed by atoms with E-state index in [0.29, 0.717) is 18.8 Å². The Kier molecular flexibility index (Phi) is 6.69. The van der Waals surface area contributed by atoms with Gasteiger partial charge in [0, 0.05) is 25.8 Å². The molecular formula is C12H17BrFN3O3. The highest BCUT2D eigenvalue weighted by atomic mass is 79.9. The molecule has 20 heavy (non-hydrogen) atoms. The van der Waals surface area contributed by atoms with Gasteiger partial charge in [-0.2, -0.15) is 0 Å². The lowest BCUT2D eigenvalue weighted by Crippen LogP contribution is -2.31. The summed E-state index contributed by atoms with van der Waals surface area (Å²) in [5, 5.41) is 20.5. The first-order valence-electron chi connectivity index (χ1n) is 5.87. The summed E-state index contributed by atoms with van der Waals surface area (Å²) in [6.45, 7) is 1.00. The first-order valence-corrected chi connectivity index (χ1v) is 6.66. The monoisotopic (exact) mass is 349 g/mol. The highest BCUT2D eigenvalue weighted by Gasteiger charge is 2.18. The number of hydrogen-bond acceptors (Lipinski definition) is 5. The van der Waals surface area contributed by atoms with Gasteiger partial charge >= 0.3 is 0 Å². The summed E-state index contributed by atoms with van der Waals surface area (Å²) in [6, 6.07) is 3.05. The van der Waals surface area contributed by atoms with Gasteiger partial charge in [0.05, 0.1) is 23.4 Å². The number of ether oxygens (including phenoxy) is 1. The molecule has 0 aliphatic rings. The van der Waals surface area contributed by atoms with Gasteiger partial charge < -0.3 is 25.7 Å². The normalized spacial score (nSPS) is 11.7. The van der Waals surface area contributed by atoms with Gasteiger partial charge in [-0.3, -0.25) is 0 Å². The van der Waals surface area contributed by atoms with Crippen molar-refractivity contribution in [3.63, 3.8) is 0 Å². The lowest BCUT2D eigenvalue weighted by atomic mass is 10.1. The van der Waals surface area contributed by atoms with Crippen LogP contribution in [0.5, 0.6) is 0 Å². The smallest absolute Gasteiger partial charge is 0.171 e. The molecule has 8 heteroatoms. The van der Waals surface area contributed by atoms with E-state index in [1.807, 2.05) is 0 Å². The standard InChI is InChI=1S/C12H17BrFN3O3/c1-20-7-5-17(4-6-18)9-3-2-8(12(15)16-19)10(13)11(9)14/h2-3,18-19H,4-7H2,1H3,(H2,15,16). The Morgan fingerprint density at radius 3 is 2.75 bits per heavy atom. The van der Waals surface area contributed by atoms with Gasteiger partial charge in [0.1, 0.15) is 0 Å². The van der Waals surface area contributed by atoms with Crippen LogP contribution in [0.2, 0.25) is 0 Å². The maximum atomic E-state index is 14.4. The number of nitrogens with two attached hydrogens (primary N) is 1. The molecule has 0 fully saturated rings. The number of nitrogens with zero attached hydrogens (tertiary/aromatic N) is 2. The number of aliphatic hydroxyl groups is 1. The van der Waals surface area contributed by atoms with Crippen LogP contribution in [0.25, 0.3) is 0 Å². The summed E-state index contributed by atoms with van der Waals surface area (Å²) in [5.74, 6) is -0.730. The third-order valence-corrected chi connectivity index (χ3v) is 3.50. The molecule has 0 unspecified atom stereocenters. The molecule has 4 N–H and O–H groups in total. The van der Waals surface area contributed by atoms with Crippen molar-refractivity contribution in [1.82, 2.24) is 0 Å². The molecule has 0 aliphatic heterocycles. The number of aliphatic hydroxyl groups excluding tert-OH is 1. The maximum Gasteiger partial charge on any atom is 0.171 e. The summed E-state index contributed by atoms with van der Waals surface area (Å²) in [5.41, 5.74) is 6.02. The van der Waals surface area contributed by atoms with Gasteiger partial charge in [-0.05, 0) is 28.1 Å². The molecule has 0 aromatic heterocycles. The van der Waals surface area contributed by atoms with Crippen LogP contribution in [-0.2, 0) is 4.74 Å². The fourth-order valence-corrected chi connectivity index (χ4v) is 2.25. The Bertz CT molecular complexity index is 485. The molecule has 0 bridgehead atoms. The molecule has 6 nitrogen and oxygen atoms in total. The third-order valence-electron chi connectivity index (χ3n) is 2.72. The molecule has 1 aromatic carbocycles. The van der Waals surface area contributed by atoms with Crippen molar-refractivity contribution in [3.8, 4) is 0 Å². The van der Waals surface area contributed by atoms with E-state index in [4.69, 9.17) is 20.8 Å². The van der Waals surface area contributed by atoms with E-state index >= 15 is 0 Å². The second kappa shape index (κ2) is 8.03. The predicted molar refractivity (Wildman–Crippen MR) is 77.8 cm³/mol. The van der Waals surface area contributed by atoms with Crippen LogP contribution in [0.4, 0.5) is 10.1 Å². The van der Waals surface area contributed by atoms with Crippen molar-refractivity contribution in [2.75, 3.05) is 38.3 Å². The minimum atomic E-state index is -0.543. The number of halogens is 2. The highest BCUT2D eigenvalue weighted by Crippen LogP contribution is 2.29. The van der Waals surface area contributed by atoms with Crippen LogP contribution in [0, 0.1) is 5.82 Å². The van der Waals surface area contributed by atoms with E-state index in [1.54, 1.807) is 12.0 Å². The number of methoxy groups -OCH3 is 1. The molecule has 1 aromatic rings. The zero-order valence-corrected chi connectivity index (χ0v) is 12.6. The van der Waals surface area contributed by atoms with Crippen molar-refractivity contribution < 1.29 is 19.4 Å². The van der Waals surface area contributed by atoms with Crippen LogP contribution < -0.4 is 10.6 Å². The van der Waals surface area contributed by atoms with Crippen LogP contribution in [0.1, 0.15) is 5.56 Å². The Morgan fingerprint density at radius 1 is 1.50 bits per heavy atom. The van der Waals surface area contributed by atoms with Crippen LogP contribution in [-0.4, -0.2) is 49.6 Å². The van der Waals surface area contributed by atoms with E-state index in [0.717, 1.165) is 0 Å². The molecule has 112 valence electrons. The second-order valence-corrected chi connectivity index (χ2v) is 4.74. The minimum Gasteiger partial charge on any atom is -0.409 e. The SMILES string of the molecule is COCCN(CCO)c1ccc(/C(N)=N/O)c(Br)c1F. The van der Waals surface area contributed by atoms with Crippen molar-refractivity contribution in [2.45, 2.75) is 0 Å². The summed E-state index contributed by atoms with van der Waals surface area (Å²) in [7, 11) is 1.55. The van der Waals surface area contributed by atoms with Crippen LogP contribution >= 0.6 is 15.9 Å². The second-order valence-electron chi connectivity index (χ2n) is 3.95. The van der Waals surface area contributed by atoms with Gasteiger partial charge in [-0.15, -0.1) is 0 Å². The van der Waals surface area contributed by atoms with Crippen molar-refractivity contribution in [3.05, 3.63) is 28.0 Å². The quantitative estimate of drug-likeness (QED) is 0.297. The number of anilines is 1. The fourth-order valence-electron chi connectivity index (χ4n) is 1.71. The van der Waals surface area contributed by atoms with E-state index in [-0.39, 0.29) is 29.0 Å². The lowest BCUT2D eigenvalue weighted by molar-refractivity contribution is 0.202. The minimum absolute atomic E-state index is 0.102. The Labute approximate surface area is 124 Å². The topological polar surface area (TPSA) is 91.3 Å². The number of amidine groups is 1. The number of rotatable bonds is 7. The summed E-state index contributed by atoms with van der Waals surface area (Å²) < 4.78 is 19.4. The largest absolute Gasteiger partial charge is 0.409 e. The van der Waals surface area contributed by atoms with E-state index < -0.39 is 5.82 Å². The average molecular weight is 350 g/mol. The molecule has 0 aliphatic carbocycles. The Morgan fingerprint density at radius 2 is 2.20 bits per heavy atom. The number of benzene rings is 1. The molecule has 0 spiro atoms. The molecule has 0 radical (unpaired) electrons. The molecule has 0 heterocycles. The fraction of sp³-hybridized carbons (Fsp3) is 0.417. The number of oxime groups is 1. The summed E-state index contributed by atoms with van der Waals surface area (Å²) >= 11 is 3.09. The average Bonchev–Trinajstić information content (AvgIpc) is 2.46. The molecular weight excluding hydrogens is 333 g/mol. The first kappa shape index (κ1) is 16.7. The summed E-state index contributed by atoms with van der Waals surface area (Å²) in [4.78, 5) is 1.65. The zero-order valence-electron chi connectivity index (χ0n) is 11.0. The van der Waals surface area contributed by atoms with Gasteiger partial charge in [0.15, 0.2) is 11.7 Å². The first-order chi connectivity index (χ1) is 9.56. The van der Waals surface area contributed by atoms with Gasteiger partial charge in [-0.25, -0.2) is 4.39 Å². The van der Waals surface area contributed by atoms with Crippen molar-refractivity contribution in [2.24, 2.45) is 10.9 Å².